The van der Waals surface area contributed by atoms with Crippen molar-refractivity contribution in [1.29, 1.82) is 0 Å². The highest BCUT2D eigenvalue weighted by atomic mass is 16.7. The summed E-state index contributed by atoms with van der Waals surface area (Å²) in [5.41, 5.74) is -1.25. The minimum atomic E-state index is -1.79. The number of esters is 1. The number of rotatable bonds is 5. The van der Waals surface area contributed by atoms with Gasteiger partial charge in [0.1, 0.15) is 40.8 Å². The lowest BCUT2D eigenvalue weighted by Gasteiger charge is -2.41. The molecule has 4 rings (SSSR count). The first kappa shape index (κ1) is 25.1. The van der Waals surface area contributed by atoms with E-state index in [1.165, 1.54) is 6.07 Å². The lowest BCUT2D eigenvalue weighted by Crippen LogP contribution is -2.61. The van der Waals surface area contributed by atoms with Crippen LogP contribution in [-0.4, -0.2) is 79.0 Å². The van der Waals surface area contributed by atoms with E-state index in [9.17, 15) is 45.3 Å². The van der Waals surface area contributed by atoms with Gasteiger partial charge < -0.3 is 54.4 Å². The van der Waals surface area contributed by atoms with Gasteiger partial charge in [0.05, 0.1) is 6.61 Å². The molecule has 1 fully saturated rings. The Balaban J connectivity index is 1.92. The second-order valence-electron chi connectivity index (χ2n) is 8.03. The Bertz CT molecular complexity index is 1360. The van der Waals surface area contributed by atoms with Gasteiger partial charge in [0, 0.05) is 24.6 Å². The number of aliphatic hydroxyl groups is 3. The number of aromatic hydroxyl groups is 4. The lowest BCUT2D eigenvalue weighted by atomic mass is 9.99. The highest BCUT2D eigenvalue weighted by Gasteiger charge is 2.48. The fourth-order valence-corrected chi connectivity index (χ4v) is 3.81. The van der Waals surface area contributed by atoms with Gasteiger partial charge in [-0.3, -0.25) is 9.59 Å². The Hall–Kier alpha value is -4.04. The average Bonchev–Trinajstić information content (AvgIpc) is 2.81. The first-order valence-corrected chi connectivity index (χ1v) is 10.5. The van der Waals surface area contributed by atoms with E-state index >= 15 is 0 Å². The number of hydrogen-bond donors (Lipinski definition) is 7. The zero-order valence-corrected chi connectivity index (χ0v) is 18.6. The molecule has 0 unspecified atom stereocenters. The van der Waals surface area contributed by atoms with E-state index in [1.807, 2.05) is 0 Å². The molecule has 0 saturated carbocycles. The van der Waals surface area contributed by atoms with Crippen molar-refractivity contribution in [1.82, 2.24) is 0 Å². The molecule has 7 N–H and O–H groups in total. The van der Waals surface area contributed by atoms with Crippen LogP contribution in [-0.2, 0) is 14.3 Å². The number of hydrogen-bond acceptors (Lipinski definition) is 13. The molecule has 192 valence electrons. The molecule has 1 aliphatic rings. The third kappa shape index (κ3) is 4.47. The molecule has 0 aliphatic carbocycles. The van der Waals surface area contributed by atoms with E-state index in [0.29, 0.717) is 0 Å². The minimum absolute atomic E-state index is 0.00118. The van der Waals surface area contributed by atoms with Crippen molar-refractivity contribution < 1.29 is 59.2 Å². The summed E-state index contributed by atoms with van der Waals surface area (Å²) >= 11 is 0. The first-order chi connectivity index (χ1) is 17.0. The molecule has 0 amide bonds. The van der Waals surface area contributed by atoms with E-state index in [-0.39, 0.29) is 16.9 Å². The molecule has 13 nitrogen and oxygen atoms in total. The van der Waals surface area contributed by atoms with E-state index in [0.717, 1.165) is 31.2 Å². The van der Waals surface area contributed by atoms with E-state index in [1.54, 1.807) is 0 Å². The van der Waals surface area contributed by atoms with Crippen LogP contribution >= 0.6 is 0 Å². The number of aliphatic hydroxyl groups excluding tert-OH is 3. The Kier molecular flexibility index (Phi) is 6.65. The van der Waals surface area contributed by atoms with Gasteiger partial charge in [-0.15, -0.1) is 0 Å². The number of phenols is 4. The number of phenolic OH excluding ortho intramolecular Hbond substituents is 4. The molecule has 5 atom stereocenters. The largest absolute Gasteiger partial charge is 0.508 e. The number of ether oxygens (including phenoxy) is 3. The second-order valence-corrected chi connectivity index (χ2v) is 8.03. The summed E-state index contributed by atoms with van der Waals surface area (Å²) in [5, 5.41) is 69.5. The molecular formula is C23H22O13. The molecule has 0 radical (unpaired) electrons. The molecule has 1 aromatic heterocycles. The maximum absolute atomic E-state index is 13.4. The average molecular weight is 506 g/mol. The topological polar surface area (TPSA) is 217 Å². The lowest BCUT2D eigenvalue weighted by molar-refractivity contribution is -0.282. The molecule has 0 spiro atoms. The second kappa shape index (κ2) is 9.54. The highest BCUT2D eigenvalue weighted by molar-refractivity contribution is 5.88. The van der Waals surface area contributed by atoms with Gasteiger partial charge in [-0.25, -0.2) is 0 Å². The van der Waals surface area contributed by atoms with Crippen LogP contribution in [0, 0.1) is 0 Å². The van der Waals surface area contributed by atoms with E-state index in [2.05, 4.69) is 0 Å². The van der Waals surface area contributed by atoms with Crippen LogP contribution in [0.5, 0.6) is 28.7 Å². The smallest absolute Gasteiger partial charge is 0.303 e. The fraction of sp³-hybridized carbons (Fsp3) is 0.304. The molecule has 36 heavy (non-hydrogen) atoms. The van der Waals surface area contributed by atoms with E-state index in [4.69, 9.17) is 18.6 Å². The van der Waals surface area contributed by atoms with E-state index < -0.39 is 82.8 Å². The quantitative estimate of drug-likeness (QED) is 0.180. The number of carbonyl (C=O) groups excluding carboxylic acids is 1. The van der Waals surface area contributed by atoms with Crippen molar-refractivity contribution in [2.45, 2.75) is 37.6 Å². The van der Waals surface area contributed by atoms with Crippen molar-refractivity contribution >= 4 is 16.9 Å². The molecule has 1 aliphatic heterocycles. The first-order valence-electron chi connectivity index (χ1n) is 10.5. The summed E-state index contributed by atoms with van der Waals surface area (Å²) < 4.78 is 21.9. The van der Waals surface area contributed by atoms with Gasteiger partial charge in [-0.2, -0.15) is 0 Å². The molecule has 3 aromatic rings. The Morgan fingerprint density at radius 3 is 2.36 bits per heavy atom. The normalized spacial score (nSPS) is 23.9. The van der Waals surface area contributed by atoms with Gasteiger partial charge >= 0.3 is 5.97 Å². The summed E-state index contributed by atoms with van der Waals surface area (Å²) in [7, 11) is 0. The summed E-state index contributed by atoms with van der Waals surface area (Å²) in [4.78, 5) is 25.1. The summed E-state index contributed by atoms with van der Waals surface area (Å²) in [6, 6.07) is 5.32. The molecule has 2 heterocycles. The number of carbonyl (C=O) groups is 1. The molecule has 0 bridgehead atoms. The third-order valence-corrected chi connectivity index (χ3v) is 5.52. The Labute approximate surface area is 201 Å². The van der Waals surface area contributed by atoms with Crippen LogP contribution < -0.4 is 10.2 Å². The van der Waals surface area contributed by atoms with Gasteiger partial charge in [-0.1, -0.05) is 0 Å². The summed E-state index contributed by atoms with van der Waals surface area (Å²) in [6.07, 6.45) is -8.27. The van der Waals surface area contributed by atoms with Crippen LogP contribution in [0.1, 0.15) is 6.92 Å². The predicted octanol–water partition coefficient (Wildman–Crippen LogP) is 0.0319. The van der Waals surface area contributed by atoms with Crippen molar-refractivity contribution in [3.63, 3.8) is 0 Å². The van der Waals surface area contributed by atoms with Crippen LogP contribution in [0.15, 0.2) is 39.5 Å². The Morgan fingerprint density at radius 2 is 1.72 bits per heavy atom. The standard InChI is InChI=1S/C23H22O13/c1-8(25)33-22-19(32)17(30)15(7-24)35-23(22)36-21-18(31)16-13(29)5-10(26)6-14(16)34-20(21)9-2-3-11(27)12(28)4-9/h2-6,15,17,19,22-24,26-30,32H,7H2,1H3/t15-,17+,19+,22-,23+/m1/s1. The summed E-state index contributed by atoms with van der Waals surface area (Å²) in [5.74, 6) is -4.03. The van der Waals surface area contributed by atoms with Crippen LogP contribution in [0.3, 0.4) is 0 Å². The van der Waals surface area contributed by atoms with Crippen molar-refractivity contribution in [3.8, 4) is 40.1 Å². The van der Waals surface area contributed by atoms with Gasteiger partial charge in [0.2, 0.25) is 17.5 Å². The number of fused-ring (bicyclic) bond motifs is 1. The van der Waals surface area contributed by atoms with Crippen LogP contribution in [0.25, 0.3) is 22.3 Å². The highest BCUT2D eigenvalue weighted by Crippen LogP contribution is 2.39. The predicted molar refractivity (Wildman–Crippen MR) is 119 cm³/mol. The SMILES string of the molecule is CC(=O)O[C@H]1[C@H](Oc2c(-c3ccc(O)c(O)c3)oc3cc(O)cc(O)c3c2=O)O[C@H](CO)[C@H](O)[C@@H]1O. The molecule has 13 heteroatoms. The molecule has 2 aromatic carbocycles. The molecule has 1 saturated heterocycles. The van der Waals surface area contributed by atoms with Crippen molar-refractivity contribution in [2.24, 2.45) is 0 Å². The van der Waals surface area contributed by atoms with Crippen LogP contribution in [0.2, 0.25) is 0 Å². The van der Waals surface area contributed by atoms with Gasteiger partial charge in [0.15, 0.2) is 23.4 Å². The number of benzene rings is 2. The monoisotopic (exact) mass is 506 g/mol. The zero-order valence-electron chi connectivity index (χ0n) is 18.6. The fourth-order valence-electron chi connectivity index (χ4n) is 3.81. The maximum Gasteiger partial charge on any atom is 0.303 e. The van der Waals surface area contributed by atoms with Crippen molar-refractivity contribution in [2.75, 3.05) is 6.61 Å². The maximum atomic E-state index is 13.4. The summed E-state index contributed by atoms with van der Waals surface area (Å²) in [6.45, 7) is 0.254. The molecular weight excluding hydrogens is 484 g/mol. The minimum Gasteiger partial charge on any atom is -0.508 e. The van der Waals surface area contributed by atoms with Crippen molar-refractivity contribution in [3.05, 3.63) is 40.6 Å². The van der Waals surface area contributed by atoms with Gasteiger partial charge in [0.25, 0.3) is 0 Å². The third-order valence-electron chi connectivity index (χ3n) is 5.52. The zero-order chi connectivity index (χ0) is 26.3. The Morgan fingerprint density at radius 1 is 1.00 bits per heavy atom. The van der Waals surface area contributed by atoms with Crippen LogP contribution in [0.4, 0.5) is 0 Å². The van der Waals surface area contributed by atoms with Gasteiger partial charge in [-0.05, 0) is 18.2 Å².